The maximum atomic E-state index is 13.4. The van der Waals surface area contributed by atoms with Crippen molar-refractivity contribution in [3.05, 3.63) is 54.6 Å². The number of benzene rings is 1. The Hall–Kier alpha value is -3.55. The molecule has 1 amide bonds. The molecule has 162 valence electrons. The summed E-state index contributed by atoms with van der Waals surface area (Å²) in [5, 5.41) is 12.3. The van der Waals surface area contributed by atoms with Gasteiger partial charge in [-0.15, -0.1) is 0 Å². The zero-order chi connectivity index (χ0) is 21.9. The lowest BCUT2D eigenvalue weighted by Gasteiger charge is -2.43. The van der Waals surface area contributed by atoms with Crippen molar-refractivity contribution in [3.8, 4) is 22.5 Å². The van der Waals surface area contributed by atoms with E-state index < -0.39 is 0 Å². The number of carbonyl (C=O) groups is 1. The summed E-state index contributed by atoms with van der Waals surface area (Å²) in [4.78, 5) is 17.5. The summed E-state index contributed by atoms with van der Waals surface area (Å²) < 4.78 is 16.8. The number of imidazole rings is 1. The molecule has 1 N–H and O–H groups in total. The second-order valence-electron chi connectivity index (χ2n) is 8.96. The van der Waals surface area contributed by atoms with E-state index in [1.54, 1.807) is 27.5 Å². The van der Waals surface area contributed by atoms with E-state index >= 15 is 0 Å². The number of nitrogens with zero attached hydrogens (tertiary/aromatic N) is 5. The predicted octanol–water partition coefficient (Wildman–Crippen LogP) is 4.45. The van der Waals surface area contributed by atoms with Gasteiger partial charge in [-0.2, -0.15) is 10.2 Å². The Morgan fingerprint density at radius 2 is 1.94 bits per heavy atom. The van der Waals surface area contributed by atoms with E-state index in [0.29, 0.717) is 23.1 Å². The fourth-order valence-corrected chi connectivity index (χ4v) is 5.35. The topological polar surface area (TPSA) is 77.1 Å². The number of hydrogen-bond donors (Lipinski definition) is 1. The second kappa shape index (κ2) is 6.98. The standard InChI is InChI=1S/C24H23FN6O/c1-30-13-18(22(29-30)15-4-6-17(25)7-5-15)19-8-9-21-26-20(14-31(21)28-19)27-23(32)24-11-2-3-16(24)10-12-24/h4-9,13-14,16H,2-3,10-12H2,1H3,(H,27,32). The van der Waals surface area contributed by atoms with Crippen molar-refractivity contribution in [2.24, 2.45) is 18.4 Å². The lowest BCUT2D eigenvalue weighted by Crippen LogP contribution is -2.46. The summed E-state index contributed by atoms with van der Waals surface area (Å²) in [5.41, 5.74) is 3.56. The van der Waals surface area contributed by atoms with Crippen LogP contribution in [0.3, 0.4) is 0 Å². The van der Waals surface area contributed by atoms with Gasteiger partial charge < -0.3 is 5.32 Å². The van der Waals surface area contributed by atoms with Gasteiger partial charge in [-0.3, -0.25) is 9.48 Å². The van der Waals surface area contributed by atoms with Crippen LogP contribution in [0.25, 0.3) is 28.2 Å². The van der Waals surface area contributed by atoms with E-state index in [1.165, 1.54) is 12.1 Å². The first-order valence-corrected chi connectivity index (χ1v) is 11.0. The van der Waals surface area contributed by atoms with Gasteiger partial charge in [-0.25, -0.2) is 13.9 Å². The van der Waals surface area contributed by atoms with Crippen LogP contribution in [-0.4, -0.2) is 30.3 Å². The third-order valence-corrected chi connectivity index (χ3v) is 7.13. The van der Waals surface area contributed by atoms with E-state index in [2.05, 4.69) is 15.4 Å². The molecular weight excluding hydrogens is 407 g/mol. The van der Waals surface area contributed by atoms with E-state index in [0.717, 1.165) is 48.9 Å². The van der Waals surface area contributed by atoms with Gasteiger partial charge in [0.1, 0.15) is 11.5 Å². The SMILES string of the molecule is Cn1cc(-c2ccc3nc(NC(=O)C45CCCC4CC5)cn3n2)c(-c2ccc(F)cc2)n1. The Bertz CT molecular complexity index is 1340. The average Bonchev–Trinajstić information content (AvgIpc) is 3.43. The molecule has 6 rings (SSSR count). The van der Waals surface area contributed by atoms with E-state index in [9.17, 15) is 9.18 Å². The molecule has 4 aromatic rings. The molecule has 0 spiro atoms. The van der Waals surface area contributed by atoms with Gasteiger partial charge in [0.15, 0.2) is 11.5 Å². The van der Waals surface area contributed by atoms with Gasteiger partial charge in [0, 0.05) is 24.4 Å². The summed E-state index contributed by atoms with van der Waals surface area (Å²) in [6.07, 6.45) is 9.05. The molecule has 2 atom stereocenters. The number of nitrogens with one attached hydrogen (secondary N) is 1. The highest BCUT2D eigenvalue weighted by molar-refractivity contribution is 5.96. The number of aryl methyl sites for hydroxylation is 1. The van der Waals surface area contributed by atoms with Crippen LogP contribution in [0, 0.1) is 17.2 Å². The molecule has 0 aliphatic heterocycles. The molecule has 32 heavy (non-hydrogen) atoms. The van der Waals surface area contributed by atoms with Crippen molar-refractivity contribution in [1.82, 2.24) is 24.4 Å². The Balaban J connectivity index is 1.32. The first kappa shape index (κ1) is 19.2. The molecule has 2 unspecified atom stereocenters. The number of hydrogen-bond acceptors (Lipinski definition) is 4. The number of carbonyl (C=O) groups excluding carboxylic acids is 1. The first-order valence-electron chi connectivity index (χ1n) is 11.0. The van der Waals surface area contributed by atoms with Gasteiger partial charge in [0.05, 0.1) is 17.3 Å². The van der Waals surface area contributed by atoms with Crippen molar-refractivity contribution in [1.29, 1.82) is 0 Å². The predicted molar refractivity (Wildman–Crippen MR) is 118 cm³/mol. The molecule has 2 aliphatic carbocycles. The number of rotatable bonds is 4. The molecule has 7 nitrogen and oxygen atoms in total. The number of halogens is 1. The molecule has 3 heterocycles. The molecule has 2 fully saturated rings. The molecule has 2 saturated carbocycles. The minimum Gasteiger partial charge on any atom is -0.309 e. The third-order valence-electron chi connectivity index (χ3n) is 7.13. The van der Waals surface area contributed by atoms with Crippen molar-refractivity contribution in [2.75, 3.05) is 5.32 Å². The lowest BCUT2D eigenvalue weighted by molar-refractivity contribution is -0.133. The van der Waals surface area contributed by atoms with Crippen LogP contribution in [0.1, 0.15) is 32.1 Å². The summed E-state index contributed by atoms with van der Waals surface area (Å²) in [6, 6.07) is 10.0. The Morgan fingerprint density at radius 1 is 1.09 bits per heavy atom. The van der Waals surface area contributed by atoms with Crippen LogP contribution >= 0.6 is 0 Å². The van der Waals surface area contributed by atoms with Crippen LogP contribution in [-0.2, 0) is 11.8 Å². The maximum absolute atomic E-state index is 13.4. The summed E-state index contributed by atoms with van der Waals surface area (Å²) in [7, 11) is 1.84. The van der Waals surface area contributed by atoms with Crippen molar-refractivity contribution in [3.63, 3.8) is 0 Å². The van der Waals surface area contributed by atoms with Gasteiger partial charge in [0.25, 0.3) is 0 Å². The van der Waals surface area contributed by atoms with Crippen molar-refractivity contribution in [2.45, 2.75) is 32.1 Å². The van der Waals surface area contributed by atoms with Crippen LogP contribution in [0.4, 0.5) is 10.2 Å². The fraction of sp³-hybridized carbons (Fsp3) is 0.333. The zero-order valence-corrected chi connectivity index (χ0v) is 17.8. The average molecular weight is 430 g/mol. The monoisotopic (exact) mass is 430 g/mol. The smallest absolute Gasteiger partial charge is 0.232 e. The molecule has 0 radical (unpaired) electrons. The second-order valence-corrected chi connectivity index (χ2v) is 8.96. The molecule has 1 aromatic carbocycles. The Labute approximate surface area is 184 Å². The minimum atomic E-state index is -0.288. The van der Waals surface area contributed by atoms with Crippen LogP contribution in [0.5, 0.6) is 0 Å². The van der Waals surface area contributed by atoms with Crippen molar-refractivity contribution < 1.29 is 9.18 Å². The van der Waals surface area contributed by atoms with E-state index in [-0.39, 0.29) is 17.1 Å². The first-order chi connectivity index (χ1) is 15.5. The molecule has 2 aliphatic rings. The Morgan fingerprint density at radius 3 is 2.69 bits per heavy atom. The molecule has 0 saturated heterocycles. The summed E-state index contributed by atoms with van der Waals surface area (Å²) >= 11 is 0. The number of aromatic nitrogens is 5. The van der Waals surface area contributed by atoms with Gasteiger partial charge in [-0.05, 0) is 68.0 Å². The number of amides is 1. The van der Waals surface area contributed by atoms with Crippen LogP contribution < -0.4 is 5.32 Å². The summed E-state index contributed by atoms with van der Waals surface area (Å²) in [5.74, 6) is 0.862. The minimum absolute atomic E-state index is 0.0979. The highest BCUT2D eigenvalue weighted by Gasteiger charge is 2.54. The van der Waals surface area contributed by atoms with Crippen molar-refractivity contribution >= 4 is 17.4 Å². The van der Waals surface area contributed by atoms with Gasteiger partial charge in [0.2, 0.25) is 5.91 Å². The molecule has 3 aromatic heterocycles. The van der Waals surface area contributed by atoms with Gasteiger partial charge in [-0.1, -0.05) is 6.42 Å². The summed E-state index contributed by atoms with van der Waals surface area (Å²) in [6.45, 7) is 0. The molecule has 8 heteroatoms. The van der Waals surface area contributed by atoms with Gasteiger partial charge >= 0.3 is 0 Å². The van der Waals surface area contributed by atoms with E-state index in [1.807, 2.05) is 25.4 Å². The van der Waals surface area contributed by atoms with E-state index in [4.69, 9.17) is 5.10 Å². The maximum Gasteiger partial charge on any atom is 0.232 e. The lowest BCUT2D eigenvalue weighted by atomic mass is 9.61. The Kier molecular flexibility index (Phi) is 4.18. The quantitative estimate of drug-likeness (QED) is 0.519. The zero-order valence-electron chi connectivity index (χ0n) is 17.8. The third kappa shape index (κ3) is 2.93. The number of anilines is 1. The van der Waals surface area contributed by atoms with Crippen LogP contribution in [0.15, 0.2) is 48.8 Å². The number of fused-ring (bicyclic) bond motifs is 2. The highest BCUT2D eigenvalue weighted by Crippen LogP contribution is 2.57. The highest BCUT2D eigenvalue weighted by atomic mass is 19.1. The fourth-order valence-electron chi connectivity index (χ4n) is 5.35. The molecule has 0 bridgehead atoms. The normalized spacial score (nSPS) is 22.0. The largest absolute Gasteiger partial charge is 0.309 e. The molecular formula is C24H23FN6O. The van der Waals surface area contributed by atoms with Crippen LogP contribution in [0.2, 0.25) is 0 Å².